The molecule has 0 rings (SSSR count). The first kappa shape index (κ1) is 15.4. The summed E-state index contributed by atoms with van der Waals surface area (Å²) in [5.74, 6) is 1.01. The minimum atomic E-state index is -0.364. The van der Waals surface area contributed by atoms with Gasteiger partial charge in [0.2, 0.25) is 5.91 Å². The zero-order valence-electron chi connectivity index (χ0n) is 11.4. The molecule has 2 unspecified atom stereocenters. The average Bonchev–Trinajstić information content (AvgIpc) is 2.18. The van der Waals surface area contributed by atoms with Crippen LogP contribution in [0, 0.1) is 11.8 Å². The largest absolute Gasteiger partial charge is 0.352 e. The molecule has 96 valence electrons. The van der Waals surface area contributed by atoms with Crippen LogP contribution in [-0.4, -0.2) is 18.0 Å². The van der Waals surface area contributed by atoms with Crippen LogP contribution < -0.4 is 11.1 Å². The average molecular weight is 228 g/mol. The van der Waals surface area contributed by atoms with Gasteiger partial charge in [0, 0.05) is 6.04 Å². The Bertz CT molecular complexity index is 200. The van der Waals surface area contributed by atoms with E-state index < -0.39 is 0 Å². The van der Waals surface area contributed by atoms with Crippen LogP contribution in [0.2, 0.25) is 0 Å². The molecular formula is C13H28N2O. The van der Waals surface area contributed by atoms with Gasteiger partial charge in [0.05, 0.1) is 6.04 Å². The number of amides is 1. The van der Waals surface area contributed by atoms with Crippen molar-refractivity contribution in [3.63, 3.8) is 0 Å². The van der Waals surface area contributed by atoms with Gasteiger partial charge in [-0.15, -0.1) is 0 Å². The van der Waals surface area contributed by atoms with Crippen LogP contribution in [0.5, 0.6) is 0 Å². The van der Waals surface area contributed by atoms with Crippen LogP contribution in [0.15, 0.2) is 0 Å². The second-order valence-corrected chi connectivity index (χ2v) is 5.11. The lowest BCUT2D eigenvalue weighted by molar-refractivity contribution is -0.123. The quantitative estimate of drug-likeness (QED) is 0.702. The maximum Gasteiger partial charge on any atom is 0.237 e. The first-order valence-electron chi connectivity index (χ1n) is 6.48. The predicted molar refractivity (Wildman–Crippen MR) is 69.1 cm³/mol. The zero-order chi connectivity index (χ0) is 12.7. The fraction of sp³-hybridized carbons (Fsp3) is 0.923. The van der Waals surface area contributed by atoms with E-state index in [2.05, 4.69) is 39.9 Å². The number of nitrogens with one attached hydrogen (secondary N) is 1. The Morgan fingerprint density at radius 3 is 2.06 bits per heavy atom. The van der Waals surface area contributed by atoms with E-state index in [1.807, 2.05) is 0 Å². The fourth-order valence-corrected chi connectivity index (χ4v) is 2.06. The first-order valence-corrected chi connectivity index (χ1v) is 6.48. The van der Waals surface area contributed by atoms with Crippen molar-refractivity contribution in [2.75, 3.05) is 0 Å². The lowest BCUT2D eigenvalue weighted by Crippen LogP contribution is -2.47. The molecule has 0 aliphatic heterocycles. The van der Waals surface area contributed by atoms with Gasteiger partial charge in [0.1, 0.15) is 0 Å². The minimum absolute atomic E-state index is 0.00639. The van der Waals surface area contributed by atoms with Gasteiger partial charge in [0.15, 0.2) is 0 Å². The summed E-state index contributed by atoms with van der Waals surface area (Å²) in [5.41, 5.74) is 5.84. The Morgan fingerprint density at radius 1 is 1.19 bits per heavy atom. The topological polar surface area (TPSA) is 55.1 Å². The van der Waals surface area contributed by atoms with E-state index in [-0.39, 0.29) is 18.0 Å². The predicted octanol–water partition coefficient (Wildman–Crippen LogP) is 2.30. The summed E-state index contributed by atoms with van der Waals surface area (Å²) in [6.45, 7) is 10.5. The van der Waals surface area contributed by atoms with E-state index in [1.54, 1.807) is 0 Å². The van der Waals surface area contributed by atoms with Gasteiger partial charge < -0.3 is 11.1 Å². The van der Waals surface area contributed by atoms with Crippen LogP contribution in [-0.2, 0) is 4.79 Å². The summed E-state index contributed by atoms with van der Waals surface area (Å²) < 4.78 is 0. The minimum Gasteiger partial charge on any atom is -0.352 e. The highest BCUT2D eigenvalue weighted by molar-refractivity contribution is 5.81. The summed E-state index contributed by atoms with van der Waals surface area (Å²) in [5, 5.41) is 3.02. The molecule has 0 aromatic heterocycles. The number of carbonyl (C=O) groups is 1. The molecule has 0 bridgehead atoms. The van der Waals surface area contributed by atoms with Crippen molar-refractivity contribution < 1.29 is 4.79 Å². The lowest BCUT2D eigenvalue weighted by Gasteiger charge is -2.24. The molecule has 1 amide bonds. The lowest BCUT2D eigenvalue weighted by atomic mass is 9.95. The maximum atomic E-state index is 11.8. The van der Waals surface area contributed by atoms with E-state index in [0.29, 0.717) is 11.8 Å². The van der Waals surface area contributed by atoms with Gasteiger partial charge in [0.25, 0.3) is 0 Å². The Balaban J connectivity index is 4.12. The Labute approximate surface area is 100 Å². The van der Waals surface area contributed by atoms with Gasteiger partial charge in [-0.25, -0.2) is 0 Å². The van der Waals surface area contributed by atoms with E-state index in [1.165, 1.54) is 0 Å². The molecule has 0 aromatic carbocycles. The zero-order valence-corrected chi connectivity index (χ0v) is 11.4. The standard InChI is InChI=1S/C13H28N2O/c1-6-11(7-2)10(5)15-13(16)12(14)8-9(3)4/h9-12H,6-8,14H2,1-5H3,(H,15,16). The number of hydrogen-bond acceptors (Lipinski definition) is 2. The molecule has 0 aromatic rings. The molecule has 0 fully saturated rings. The van der Waals surface area contributed by atoms with Crippen molar-refractivity contribution in [1.82, 2.24) is 5.32 Å². The van der Waals surface area contributed by atoms with Crippen molar-refractivity contribution in [2.24, 2.45) is 17.6 Å². The Morgan fingerprint density at radius 2 is 1.69 bits per heavy atom. The van der Waals surface area contributed by atoms with Crippen molar-refractivity contribution in [2.45, 2.75) is 66.0 Å². The Kier molecular flexibility index (Phi) is 7.39. The number of carbonyl (C=O) groups excluding carboxylic acids is 1. The second-order valence-electron chi connectivity index (χ2n) is 5.11. The molecule has 0 radical (unpaired) electrons. The highest BCUT2D eigenvalue weighted by atomic mass is 16.2. The van der Waals surface area contributed by atoms with Gasteiger partial charge in [-0.05, 0) is 25.2 Å². The van der Waals surface area contributed by atoms with E-state index in [4.69, 9.17) is 5.73 Å². The number of rotatable bonds is 7. The SMILES string of the molecule is CCC(CC)C(C)NC(=O)C(N)CC(C)C. The summed E-state index contributed by atoms with van der Waals surface area (Å²) in [6, 6.07) is -0.141. The van der Waals surface area contributed by atoms with Gasteiger partial charge in [-0.2, -0.15) is 0 Å². The highest BCUT2D eigenvalue weighted by Crippen LogP contribution is 2.13. The molecule has 0 aliphatic rings. The molecule has 3 nitrogen and oxygen atoms in total. The molecular weight excluding hydrogens is 200 g/mol. The van der Waals surface area contributed by atoms with Gasteiger partial charge in [-0.1, -0.05) is 40.5 Å². The monoisotopic (exact) mass is 228 g/mol. The van der Waals surface area contributed by atoms with Crippen LogP contribution in [0.25, 0.3) is 0 Å². The summed E-state index contributed by atoms with van der Waals surface area (Å²) in [4.78, 5) is 11.8. The highest BCUT2D eigenvalue weighted by Gasteiger charge is 2.20. The van der Waals surface area contributed by atoms with Crippen molar-refractivity contribution in [3.05, 3.63) is 0 Å². The van der Waals surface area contributed by atoms with E-state index in [0.717, 1.165) is 19.3 Å². The molecule has 16 heavy (non-hydrogen) atoms. The molecule has 0 heterocycles. The maximum absolute atomic E-state index is 11.8. The van der Waals surface area contributed by atoms with E-state index >= 15 is 0 Å². The van der Waals surface area contributed by atoms with Crippen molar-refractivity contribution >= 4 is 5.91 Å². The molecule has 0 saturated carbocycles. The summed E-state index contributed by atoms with van der Waals surface area (Å²) in [7, 11) is 0. The number of nitrogens with two attached hydrogens (primary N) is 1. The third kappa shape index (κ3) is 5.50. The van der Waals surface area contributed by atoms with Crippen LogP contribution in [0.3, 0.4) is 0 Å². The third-order valence-corrected chi connectivity index (χ3v) is 3.19. The molecule has 3 N–H and O–H groups in total. The summed E-state index contributed by atoms with van der Waals surface area (Å²) >= 11 is 0. The first-order chi connectivity index (χ1) is 7.42. The van der Waals surface area contributed by atoms with Crippen LogP contribution >= 0.6 is 0 Å². The van der Waals surface area contributed by atoms with Gasteiger partial charge >= 0.3 is 0 Å². The number of hydrogen-bond donors (Lipinski definition) is 2. The molecule has 2 atom stereocenters. The van der Waals surface area contributed by atoms with Crippen molar-refractivity contribution in [1.29, 1.82) is 0 Å². The van der Waals surface area contributed by atoms with Crippen molar-refractivity contribution in [3.8, 4) is 0 Å². The summed E-state index contributed by atoms with van der Waals surface area (Å²) in [6.07, 6.45) is 2.94. The van der Waals surface area contributed by atoms with Crippen LogP contribution in [0.4, 0.5) is 0 Å². The van der Waals surface area contributed by atoms with Gasteiger partial charge in [-0.3, -0.25) is 4.79 Å². The normalized spacial score (nSPS) is 15.2. The fourth-order valence-electron chi connectivity index (χ4n) is 2.06. The third-order valence-electron chi connectivity index (χ3n) is 3.19. The Hall–Kier alpha value is -0.570. The molecule has 0 spiro atoms. The van der Waals surface area contributed by atoms with E-state index in [9.17, 15) is 4.79 Å². The smallest absolute Gasteiger partial charge is 0.237 e. The van der Waals surface area contributed by atoms with Crippen LogP contribution in [0.1, 0.15) is 53.9 Å². The molecule has 0 saturated heterocycles. The molecule has 0 aliphatic carbocycles. The second kappa shape index (κ2) is 7.66. The molecule has 3 heteroatoms.